The second-order valence-corrected chi connectivity index (χ2v) is 6.61. The van der Waals surface area contributed by atoms with E-state index in [0.717, 1.165) is 12.8 Å². The molecule has 0 aromatic carbocycles. The highest BCUT2D eigenvalue weighted by atomic mass is 32.2. The van der Waals surface area contributed by atoms with Gasteiger partial charge in [0, 0.05) is 6.54 Å². The van der Waals surface area contributed by atoms with E-state index in [0.29, 0.717) is 13.0 Å². The minimum absolute atomic E-state index is 0.254. The zero-order valence-electron chi connectivity index (χ0n) is 11.5. The molecular weight excluding hydrogens is 234 g/mol. The Bertz CT molecular complexity index is 250. The molecule has 0 bridgehead atoms. The lowest BCUT2D eigenvalue weighted by molar-refractivity contribution is 0.558. The van der Waals surface area contributed by atoms with E-state index in [9.17, 15) is 8.42 Å². The fraction of sp³-hybridized carbons (Fsp3) is 1.00. The number of nitrogens with one attached hydrogen (secondary N) is 1. The highest BCUT2D eigenvalue weighted by molar-refractivity contribution is 7.89. The summed E-state index contributed by atoms with van der Waals surface area (Å²) in [5.41, 5.74) is 0. The van der Waals surface area contributed by atoms with Crippen molar-refractivity contribution in [2.45, 2.75) is 71.6 Å². The number of unbranched alkanes of at least 4 members (excludes halogenated alkanes) is 7. The Morgan fingerprint density at radius 2 is 1.29 bits per heavy atom. The normalized spacial score (nSPS) is 11.9. The van der Waals surface area contributed by atoms with Gasteiger partial charge in [-0.3, -0.25) is 0 Å². The van der Waals surface area contributed by atoms with Gasteiger partial charge in [-0.05, 0) is 12.8 Å². The summed E-state index contributed by atoms with van der Waals surface area (Å²) in [7, 11) is -2.99. The molecule has 0 unspecified atom stereocenters. The van der Waals surface area contributed by atoms with Crippen molar-refractivity contribution in [3.63, 3.8) is 0 Å². The minimum atomic E-state index is -2.99. The molecule has 0 saturated heterocycles. The maximum atomic E-state index is 11.3. The van der Waals surface area contributed by atoms with Crippen LogP contribution in [0, 0.1) is 0 Å². The highest BCUT2D eigenvalue weighted by Gasteiger charge is 2.06. The standard InChI is InChI=1S/C13H29NO2S/c1-3-5-6-7-8-9-10-11-12-14-17(15,16)13-4-2/h14H,3-13H2,1-2H3. The summed E-state index contributed by atoms with van der Waals surface area (Å²) in [5, 5.41) is 0. The maximum Gasteiger partial charge on any atom is 0.211 e. The van der Waals surface area contributed by atoms with Gasteiger partial charge in [0.05, 0.1) is 5.75 Å². The van der Waals surface area contributed by atoms with Crippen LogP contribution in [0.15, 0.2) is 0 Å². The largest absolute Gasteiger partial charge is 0.215 e. The molecule has 0 heterocycles. The molecule has 17 heavy (non-hydrogen) atoms. The van der Waals surface area contributed by atoms with Crippen molar-refractivity contribution >= 4 is 10.0 Å². The average Bonchev–Trinajstić information content (AvgIpc) is 2.27. The van der Waals surface area contributed by atoms with Gasteiger partial charge in [0.1, 0.15) is 0 Å². The third kappa shape index (κ3) is 12.2. The predicted molar refractivity (Wildman–Crippen MR) is 74.7 cm³/mol. The van der Waals surface area contributed by atoms with E-state index in [-0.39, 0.29) is 5.75 Å². The lowest BCUT2D eigenvalue weighted by Gasteiger charge is -2.05. The second-order valence-electron chi connectivity index (χ2n) is 4.69. The lowest BCUT2D eigenvalue weighted by atomic mass is 10.1. The molecule has 0 saturated carbocycles. The smallest absolute Gasteiger partial charge is 0.211 e. The third-order valence-electron chi connectivity index (χ3n) is 2.83. The molecule has 0 aliphatic carbocycles. The van der Waals surface area contributed by atoms with Gasteiger partial charge in [0.25, 0.3) is 0 Å². The summed E-state index contributed by atoms with van der Waals surface area (Å²) in [4.78, 5) is 0. The van der Waals surface area contributed by atoms with Crippen molar-refractivity contribution in [1.29, 1.82) is 0 Å². The quantitative estimate of drug-likeness (QED) is 0.548. The average molecular weight is 263 g/mol. The summed E-state index contributed by atoms with van der Waals surface area (Å²) >= 11 is 0. The number of hydrogen-bond donors (Lipinski definition) is 1. The van der Waals surface area contributed by atoms with Gasteiger partial charge in [-0.1, -0.05) is 58.8 Å². The first-order valence-corrected chi connectivity index (χ1v) is 8.75. The minimum Gasteiger partial charge on any atom is -0.215 e. The van der Waals surface area contributed by atoms with Gasteiger partial charge in [-0.25, -0.2) is 13.1 Å². The van der Waals surface area contributed by atoms with Gasteiger partial charge < -0.3 is 0 Å². The Kier molecular flexibility index (Phi) is 11.0. The first-order chi connectivity index (χ1) is 8.12. The fourth-order valence-corrected chi connectivity index (χ4v) is 2.96. The molecule has 0 amide bonds. The van der Waals surface area contributed by atoms with Crippen molar-refractivity contribution in [2.75, 3.05) is 12.3 Å². The summed E-state index contributed by atoms with van der Waals surface area (Å²) < 4.78 is 25.3. The summed E-state index contributed by atoms with van der Waals surface area (Å²) in [5.74, 6) is 0.254. The Morgan fingerprint density at radius 1 is 0.765 bits per heavy atom. The van der Waals surface area contributed by atoms with Crippen molar-refractivity contribution in [3.8, 4) is 0 Å². The first kappa shape index (κ1) is 16.9. The van der Waals surface area contributed by atoms with E-state index in [1.54, 1.807) is 0 Å². The monoisotopic (exact) mass is 263 g/mol. The molecular formula is C13H29NO2S. The van der Waals surface area contributed by atoms with Crippen LogP contribution in [-0.2, 0) is 10.0 Å². The molecule has 0 aromatic heterocycles. The highest BCUT2D eigenvalue weighted by Crippen LogP contribution is 2.07. The molecule has 0 radical (unpaired) electrons. The van der Waals surface area contributed by atoms with Crippen LogP contribution in [0.3, 0.4) is 0 Å². The van der Waals surface area contributed by atoms with E-state index in [2.05, 4.69) is 11.6 Å². The van der Waals surface area contributed by atoms with E-state index in [1.807, 2.05) is 6.92 Å². The Hall–Kier alpha value is -0.0900. The van der Waals surface area contributed by atoms with E-state index >= 15 is 0 Å². The van der Waals surface area contributed by atoms with Crippen LogP contribution in [0.2, 0.25) is 0 Å². The van der Waals surface area contributed by atoms with Gasteiger partial charge >= 0.3 is 0 Å². The van der Waals surface area contributed by atoms with Crippen LogP contribution in [0.4, 0.5) is 0 Å². The van der Waals surface area contributed by atoms with Gasteiger partial charge in [-0.2, -0.15) is 0 Å². The topological polar surface area (TPSA) is 46.2 Å². The summed E-state index contributed by atoms with van der Waals surface area (Å²) in [6.45, 7) is 4.72. The molecule has 0 fully saturated rings. The van der Waals surface area contributed by atoms with Crippen molar-refractivity contribution in [1.82, 2.24) is 4.72 Å². The van der Waals surface area contributed by atoms with Crippen LogP contribution < -0.4 is 4.72 Å². The number of rotatable bonds is 12. The molecule has 0 rings (SSSR count). The molecule has 0 spiro atoms. The van der Waals surface area contributed by atoms with Crippen molar-refractivity contribution in [3.05, 3.63) is 0 Å². The van der Waals surface area contributed by atoms with E-state index in [4.69, 9.17) is 0 Å². The second kappa shape index (κ2) is 11.0. The van der Waals surface area contributed by atoms with Crippen LogP contribution in [0.25, 0.3) is 0 Å². The van der Waals surface area contributed by atoms with Crippen LogP contribution in [0.5, 0.6) is 0 Å². The van der Waals surface area contributed by atoms with Gasteiger partial charge in [0.15, 0.2) is 0 Å². The Morgan fingerprint density at radius 3 is 1.82 bits per heavy atom. The van der Waals surface area contributed by atoms with E-state index in [1.165, 1.54) is 38.5 Å². The number of sulfonamides is 1. The zero-order chi connectivity index (χ0) is 13.0. The SMILES string of the molecule is CCCCCCCCCCNS(=O)(=O)CCC. The Labute approximate surface area is 107 Å². The fourth-order valence-electron chi connectivity index (χ4n) is 1.83. The third-order valence-corrected chi connectivity index (χ3v) is 4.41. The molecule has 4 heteroatoms. The molecule has 3 nitrogen and oxygen atoms in total. The van der Waals surface area contributed by atoms with Crippen molar-refractivity contribution < 1.29 is 8.42 Å². The summed E-state index contributed by atoms with van der Waals surface area (Å²) in [6.07, 6.45) is 10.6. The molecule has 104 valence electrons. The van der Waals surface area contributed by atoms with E-state index < -0.39 is 10.0 Å². The first-order valence-electron chi connectivity index (χ1n) is 7.09. The maximum absolute atomic E-state index is 11.3. The molecule has 0 atom stereocenters. The molecule has 0 aromatic rings. The van der Waals surface area contributed by atoms with Crippen LogP contribution in [0.1, 0.15) is 71.6 Å². The predicted octanol–water partition coefficient (Wildman–Crippen LogP) is 3.46. The van der Waals surface area contributed by atoms with Crippen LogP contribution in [-0.4, -0.2) is 20.7 Å². The molecule has 0 aliphatic heterocycles. The zero-order valence-corrected chi connectivity index (χ0v) is 12.3. The summed E-state index contributed by atoms with van der Waals surface area (Å²) in [6, 6.07) is 0. The van der Waals surface area contributed by atoms with Crippen LogP contribution >= 0.6 is 0 Å². The van der Waals surface area contributed by atoms with Gasteiger partial charge in [-0.15, -0.1) is 0 Å². The molecule has 1 N–H and O–H groups in total. The van der Waals surface area contributed by atoms with Crippen molar-refractivity contribution in [2.24, 2.45) is 0 Å². The lowest BCUT2D eigenvalue weighted by Crippen LogP contribution is -2.27. The Balaban J connectivity index is 3.24. The number of hydrogen-bond acceptors (Lipinski definition) is 2. The molecule has 0 aliphatic rings. The van der Waals surface area contributed by atoms with Gasteiger partial charge in [0.2, 0.25) is 10.0 Å².